The maximum absolute atomic E-state index is 11.4. The zero-order chi connectivity index (χ0) is 10.0. The average Bonchev–Trinajstić information content (AvgIpc) is 2.27. The number of aryl methyl sites for hydroxylation is 1. The lowest BCUT2D eigenvalue weighted by atomic mass is 10.2. The summed E-state index contributed by atoms with van der Waals surface area (Å²) in [7, 11) is 0. The first-order valence-electron chi connectivity index (χ1n) is 4.13. The Bertz CT molecular complexity index is 331. The fraction of sp³-hybridized carbons (Fsp3) is 0.444. The van der Waals surface area contributed by atoms with E-state index < -0.39 is 0 Å². The van der Waals surface area contributed by atoms with Gasteiger partial charge in [-0.25, -0.2) is 4.79 Å². The average molecular weight is 199 g/mol. The standard InChI is InChI=1S/C9H13NO2S/c1-4-12-9(11)7-5(2)8(13)10-6(7)3/h10,13H,4H2,1-3H3. The van der Waals surface area contributed by atoms with Crippen LogP contribution in [-0.4, -0.2) is 17.6 Å². The Morgan fingerprint density at radius 2 is 2.15 bits per heavy atom. The van der Waals surface area contributed by atoms with Crippen LogP contribution in [0, 0.1) is 13.8 Å². The maximum atomic E-state index is 11.4. The molecule has 1 rings (SSSR count). The van der Waals surface area contributed by atoms with Crippen molar-refractivity contribution < 1.29 is 9.53 Å². The van der Waals surface area contributed by atoms with Crippen LogP contribution < -0.4 is 0 Å². The molecule has 13 heavy (non-hydrogen) atoms. The maximum Gasteiger partial charge on any atom is 0.340 e. The molecule has 1 heterocycles. The number of carbonyl (C=O) groups excluding carboxylic acids is 1. The minimum atomic E-state index is -0.283. The van der Waals surface area contributed by atoms with Crippen molar-refractivity contribution in [3.05, 3.63) is 16.8 Å². The third kappa shape index (κ3) is 1.88. The van der Waals surface area contributed by atoms with Gasteiger partial charge >= 0.3 is 5.97 Å². The van der Waals surface area contributed by atoms with E-state index in [4.69, 9.17) is 4.74 Å². The summed E-state index contributed by atoms with van der Waals surface area (Å²) >= 11 is 4.19. The van der Waals surface area contributed by atoms with Crippen molar-refractivity contribution in [2.45, 2.75) is 25.8 Å². The molecule has 72 valence electrons. The number of thiol groups is 1. The SMILES string of the molecule is CCOC(=O)c1c(C)[nH]c(S)c1C. The fourth-order valence-electron chi connectivity index (χ4n) is 1.24. The van der Waals surface area contributed by atoms with Crippen LogP contribution in [0.5, 0.6) is 0 Å². The molecule has 1 aromatic rings. The van der Waals surface area contributed by atoms with Gasteiger partial charge in [0, 0.05) is 5.69 Å². The van der Waals surface area contributed by atoms with Gasteiger partial charge in [0.25, 0.3) is 0 Å². The summed E-state index contributed by atoms with van der Waals surface area (Å²) in [6.07, 6.45) is 0. The third-order valence-corrected chi connectivity index (χ3v) is 2.34. The van der Waals surface area contributed by atoms with E-state index in [1.54, 1.807) is 6.92 Å². The molecule has 1 aromatic heterocycles. The molecule has 0 unspecified atom stereocenters. The number of aromatic nitrogens is 1. The van der Waals surface area contributed by atoms with Crippen molar-refractivity contribution in [3.8, 4) is 0 Å². The highest BCUT2D eigenvalue weighted by Crippen LogP contribution is 2.21. The Morgan fingerprint density at radius 3 is 2.54 bits per heavy atom. The van der Waals surface area contributed by atoms with Gasteiger partial charge in [0.15, 0.2) is 0 Å². The molecular formula is C9H13NO2S. The monoisotopic (exact) mass is 199 g/mol. The molecule has 3 nitrogen and oxygen atoms in total. The molecule has 0 bridgehead atoms. The summed E-state index contributed by atoms with van der Waals surface area (Å²) in [5, 5.41) is 0.723. The molecule has 0 fully saturated rings. The number of hydrogen-bond donors (Lipinski definition) is 2. The van der Waals surface area contributed by atoms with Gasteiger partial charge in [-0.1, -0.05) is 0 Å². The molecule has 0 atom stereocenters. The highest BCUT2D eigenvalue weighted by Gasteiger charge is 2.17. The number of H-pyrrole nitrogens is 1. The van der Waals surface area contributed by atoms with Gasteiger partial charge in [-0.3, -0.25) is 0 Å². The first-order valence-corrected chi connectivity index (χ1v) is 4.57. The Morgan fingerprint density at radius 1 is 1.54 bits per heavy atom. The normalized spacial score (nSPS) is 10.2. The molecule has 0 aliphatic carbocycles. The van der Waals surface area contributed by atoms with E-state index >= 15 is 0 Å². The van der Waals surface area contributed by atoms with Crippen molar-refractivity contribution in [1.29, 1.82) is 0 Å². The Balaban J connectivity index is 3.06. The second-order valence-electron chi connectivity index (χ2n) is 2.82. The van der Waals surface area contributed by atoms with Gasteiger partial charge in [-0.2, -0.15) is 0 Å². The summed E-state index contributed by atoms with van der Waals surface area (Å²) in [5.74, 6) is -0.283. The second-order valence-corrected chi connectivity index (χ2v) is 3.27. The molecule has 0 saturated heterocycles. The van der Waals surface area contributed by atoms with Crippen LogP contribution in [0.25, 0.3) is 0 Å². The van der Waals surface area contributed by atoms with Gasteiger partial charge in [-0.15, -0.1) is 12.6 Å². The van der Waals surface area contributed by atoms with Gasteiger partial charge in [0.2, 0.25) is 0 Å². The van der Waals surface area contributed by atoms with Crippen LogP contribution in [0.4, 0.5) is 0 Å². The van der Waals surface area contributed by atoms with E-state index in [0.29, 0.717) is 12.2 Å². The molecule has 0 aromatic carbocycles. The van der Waals surface area contributed by atoms with Crippen molar-refractivity contribution in [3.63, 3.8) is 0 Å². The second kappa shape index (κ2) is 3.87. The molecule has 0 spiro atoms. The van der Waals surface area contributed by atoms with Gasteiger partial charge < -0.3 is 9.72 Å². The molecule has 0 saturated carbocycles. The minimum absolute atomic E-state index is 0.283. The van der Waals surface area contributed by atoms with Crippen LogP contribution in [0.3, 0.4) is 0 Å². The van der Waals surface area contributed by atoms with Crippen molar-refractivity contribution in [1.82, 2.24) is 4.98 Å². The van der Waals surface area contributed by atoms with Gasteiger partial charge in [-0.05, 0) is 26.3 Å². The highest BCUT2D eigenvalue weighted by molar-refractivity contribution is 7.80. The number of carbonyl (C=O) groups is 1. The summed E-state index contributed by atoms with van der Waals surface area (Å²) in [6.45, 7) is 5.86. The molecule has 0 aliphatic heterocycles. The van der Waals surface area contributed by atoms with E-state index in [9.17, 15) is 4.79 Å². The molecule has 0 amide bonds. The van der Waals surface area contributed by atoms with Gasteiger partial charge in [0.1, 0.15) is 0 Å². The van der Waals surface area contributed by atoms with E-state index in [-0.39, 0.29) is 5.97 Å². The van der Waals surface area contributed by atoms with Crippen LogP contribution in [-0.2, 0) is 4.74 Å². The minimum Gasteiger partial charge on any atom is -0.462 e. The van der Waals surface area contributed by atoms with Gasteiger partial charge in [0.05, 0.1) is 17.2 Å². The zero-order valence-corrected chi connectivity index (χ0v) is 8.87. The first kappa shape index (κ1) is 10.2. The Hall–Kier alpha value is -0.900. The summed E-state index contributed by atoms with van der Waals surface area (Å²) in [5.41, 5.74) is 2.26. The van der Waals surface area contributed by atoms with Crippen molar-refractivity contribution in [2.75, 3.05) is 6.61 Å². The van der Waals surface area contributed by atoms with Crippen molar-refractivity contribution in [2.24, 2.45) is 0 Å². The highest BCUT2D eigenvalue weighted by atomic mass is 32.1. The summed E-state index contributed by atoms with van der Waals surface area (Å²) in [6, 6.07) is 0. The van der Waals surface area contributed by atoms with E-state index in [1.807, 2.05) is 13.8 Å². The lowest BCUT2D eigenvalue weighted by Crippen LogP contribution is -2.06. The van der Waals surface area contributed by atoms with Crippen LogP contribution in [0.1, 0.15) is 28.5 Å². The predicted molar refractivity (Wildman–Crippen MR) is 53.5 cm³/mol. The number of esters is 1. The third-order valence-electron chi connectivity index (χ3n) is 1.89. The smallest absolute Gasteiger partial charge is 0.340 e. The Labute approximate surface area is 82.9 Å². The largest absolute Gasteiger partial charge is 0.462 e. The number of hydrogen-bond acceptors (Lipinski definition) is 3. The number of ether oxygens (including phenoxy) is 1. The summed E-state index contributed by atoms with van der Waals surface area (Å²) in [4.78, 5) is 14.4. The van der Waals surface area contributed by atoms with E-state index in [1.165, 1.54) is 0 Å². The lowest BCUT2D eigenvalue weighted by Gasteiger charge is -2.01. The predicted octanol–water partition coefficient (Wildman–Crippen LogP) is 2.10. The number of rotatable bonds is 2. The van der Waals surface area contributed by atoms with E-state index in [0.717, 1.165) is 16.3 Å². The number of aromatic amines is 1. The molecule has 0 aliphatic rings. The first-order chi connectivity index (χ1) is 6.07. The summed E-state index contributed by atoms with van der Waals surface area (Å²) < 4.78 is 4.91. The molecule has 0 radical (unpaired) electrons. The lowest BCUT2D eigenvalue weighted by molar-refractivity contribution is 0.0525. The molecule has 4 heteroatoms. The Kier molecular flexibility index (Phi) is 3.03. The number of nitrogens with one attached hydrogen (secondary N) is 1. The molecular weight excluding hydrogens is 186 g/mol. The van der Waals surface area contributed by atoms with Crippen molar-refractivity contribution >= 4 is 18.6 Å². The van der Waals surface area contributed by atoms with Crippen LogP contribution in [0.15, 0.2) is 5.03 Å². The quantitative estimate of drug-likeness (QED) is 0.565. The van der Waals surface area contributed by atoms with E-state index in [2.05, 4.69) is 17.6 Å². The molecule has 1 N–H and O–H groups in total. The van der Waals surface area contributed by atoms with Crippen LogP contribution in [0.2, 0.25) is 0 Å². The zero-order valence-electron chi connectivity index (χ0n) is 7.97. The topological polar surface area (TPSA) is 42.1 Å². The van der Waals surface area contributed by atoms with Crippen LogP contribution >= 0.6 is 12.6 Å². The fourth-order valence-corrected chi connectivity index (χ4v) is 1.52.